The van der Waals surface area contributed by atoms with Gasteiger partial charge in [-0.25, -0.2) is 8.42 Å². The molecule has 0 aromatic heterocycles. The van der Waals surface area contributed by atoms with Gasteiger partial charge in [0.1, 0.15) is 0 Å². The Balaban J connectivity index is 2.31. The molecule has 1 aromatic carbocycles. The number of nitrogens with two attached hydrogens (primary N) is 1. The monoisotopic (exact) mass is 284 g/mol. The lowest BCUT2D eigenvalue weighted by molar-refractivity contribution is 0.1000. The van der Waals surface area contributed by atoms with E-state index in [0.29, 0.717) is 13.0 Å². The van der Waals surface area contributed by atoms with Crippen molar-refractivity contribution in [2.24, 2.45) is 5.73 Å². The van der Waals surface area contributed by atoms with E-state index >= 15 is 0 Å². The SMILES string of the molecule is NC(=O)c1ccc(S(=O)(=O)N2CCC[C@H]2CO)cc1. The lowest BCUT2D eigenvalue weighted by atomic mass is 10.2. The number of rotatable bonds is 4. The summed E-state index contributed by atoms with van der Waals surface area (Å²) >= 11 is 0. The molecule has 19 heavy (non-hydrogen) atoms. The molecule has 2 rings (SSSR count). The Morgan fingerprint density at radius 3 is 2.53 bits per heavy atom. The van der Waals surface area contributed by atoms with Crippen LogP contribution in [0.5, 0.6) is 0 Å². The second kappa shape index (κ2) is 5.28. The van der Waals surface area contributed by atoms with Crippen LogP contribution in [0.4, 0.5) is 0 Å². The molecule has 104 valence electrons. The highest BCUT2D eigenvalue weighted by Gasteiger charge is 2.34. The van der Waals surface area contributed by atoms with E-state index < -0.39 is 15.9 Å². The predicted molar refractivity (Wildman–Crippen MR) is 69.0 cm³/mol. The van der Waals surface area contributed by atoms with E-state index in [9.17, 15) is 18.3 Å². The zero-order chi connectivity index (χ0) is 14.0. The summed E-state index contributed by atoms with van der Waals surface area (Å²) in [5.74, 6) is -0.599. The van der Waals surface area contributed by atoms with Crippen molar-refractivity contribution < 1.29 is 18.3 Å². The maximum atomic E-state index is 12.4. The fraction of sp³-hybridized carbons (Fsp3) is 0.417. The molecular weight excluding hydrogens is 268 g/mol. The third-order valence-electron chi connectivity index (χ3n) is 3.28. The number of hydrogen-bond donors (Lipinski definition) is 2. The van der Waals surface area contributed by atoms with Crippen molar-refractivity contribution in [2.75, 3.05) is 13.2 Å². The van der Waals surface area contributed by atoms with Gasteiger partial charge in [0.25, 0.3) is 0 Å². The summed E-state index contributed by atoms with van der Waals surface area (Å²) in [5, 5.41) is 9.20. The first-order valence-corrected chi connectivity index (χ1v) is 7.43. The quantitative estimate of drug-likeness (QED) is 0.808. The minimum Gasteiger partial charge on any atom is -0.395 e. The maximum Gasteiger partial charge on any atom is 0.248 e. The van der Waals surface area contributed by atoms with Crippen molar-refractivity contribution in [1.29, 1.82) is 0 Å². The smallest absolute Gasteiger partial charge is 0.248 e. The number of amides is 1. The first-order chi connectivity index (χ1) is 8.96. The van der Waals surface area contributed by atoms with E-state index in [-0.39, 0.29) is 23.1 Å². The van der Waals surface area contributed by atoms with Crippen LogP contribution in [0, 0.1) is 0 Å². The summed E-state index contributed by atoms with van der Waals surface area (Å²) in [6.07, 6.45) is 1.40. The van der Waals surface area contributed by atoms with Gasteiger partial charge in [-0.2, -0.15) is 4.31 Å². The van der Waals surface area contributed by atoms with Crippen molar-refractivity contribution in [2.45, 2.75) is 23.8 Å². The van der Waals surface area contributed by atoms with Gasteiger partial charge in [0, 0.05) is 18.2 Å². The van der Waals surface area contributed by atoms with Gasteiger partial charge >= 0.3 is 0 Å². The molecule has 0 bridgehead atoms. The molecule has 0 spiro atoms. The van der Waals surface area contributed by atoms with E-state index in [0.717, 1.165) is 6.42 Å². The number of nitrogens with zero attached hydrogens (tertiary/aromatic N) is 1. The molecule has 0 aliphatic carbocycles. The van der Waals surface area contributed by atoms with Crippen LogP contribution in [-0.2, 0) is 10.0 Å². The lowest BCUT2D eigenvalue weighted by Crippen LogP contribution is -2.37. The number of aliphatic hydroxyl groups excluding tert-OH is 1. The highest BCUT2D eigenvalue weighted by molar-refractivity contribution is 7.89. The van der Waals surface area contributed by atoms with Gasteiger partial charge in [-0.1, -0.05) is 0 Å². The van der Waals surface area contributed by atoms with Crippen LogP contribution >= 0.6 is 0 Å². The standard InChI is InChI=1S/C12H16N2O4S/c13-12(16)9-3-5-11(6-4-9)19(17,18)14-7-1-2-10(14)8-15/h3-6,10,15H,1-2,7-8H2,(H2,13,16)/t10-/m0/s1. The topological polar surface area (TPSA) is 101 Å². The zero-order valence-corrected chi connectivity index (χ0v) is 11.1. The van der Waals surface area contributed by atoms with Crippen LogP contribution in [-0.4, -0.2) is 42.9 Å². The molecule has 1 atom stereocenters. The number of sulfonamides is 1. The molecule has 0 radical (unpaired) electrons. The number of carbonyl (C=O) groups excluding carboxylic acids is 1. The molecule has 1 aromatic rings. The Morgan fingerprint density at radius 1 is 1.37 bits per heavy atom. The molecule has 7 heteroatoms. The van der Waals surface area contributed by atoms with Crippen molar-refractivity contribution in [3.05, 3.63) is 29.8 Å². The fourth-order valence-corrected chi connectivity index (χ4v) is 3.92. The summed E-state index contributed by atoms with van der Waals surface area (Å²) in [6.45, 7) is 0.226. The molecule has 0 saturated carbocycles. The highest BCUT2D eigenvalue weighted by Crippen LogP contribution is 2.25. The number of carbonyl (C=O) groups is 1. The van der Waals surface area contributed by atoms with Crippen LogP contribution in [0.25, 0.3) is 0 Å². The van der Waals surface area contributed by atoms with Gasteiger partial charge in [0.2, 0.25) is 15.9 Å². The molecule has 1 heterocycles. The van der Waals surface area contributed by atoms with Crippen LogP contribution in [0.3, 0.4) is 0 Å². The van der Waals surface area contributed by atoms with Crippen molar-refractivity contribution in [1.82, 2.24) is 4.31 Å². The predicted octanol–water partition coefficient (Wildman–Crippen LogP) is -0.0691. The Kier molecular flexibility index (Phi) is 3.88. The van der Waals surface area contributed by atoms with Crippen LogP contribution in [0.1, 0.15) is 23.2 Å². The van der Waals surface area contributed by atoms with E-state index in [1.165, 1.54) is 28.6 Å². The largest absolute Gasteiger partial charge is 0.395 e. The van der Waals surface area contributed by atoms with Crippen molar-refractivity contribution in [3.8, 4) is 0 Å². The third-order valence-corrected chi connectivity index (χ3v) is 5.25. The molecule has 0 unspecified atom stereocenters. The minimum atomic E-state index is -3.62. The van der Waals surface area contributed by atoms with Gasteiger partial charge in [0.05, 0.1) is 11.5 Å². The summed E-state index contributed by atoms with van der Waals surface area (Å²) in [5.41, 5.74) is 5.37. The zero-order valence-electron chi connectivity index (χ0n) is 10.3. The number of aliphatic hydroxyl groups is 1. The normalized spacial score (nSPS) is 20.6. The van der Waals surface area contributed by atoms with Crippen LogP contribution in [0.2, 0.25) is 0 Å². The lowest BCUT2D eigenvalue weighted by Gasteiger charge is -2.22. The van der Waals surface area contributed by atoms with E-state index in [4.69, 9.17) is 5.73 Å². The Bertz CT molecular complexity index is 568. The van der Waals surface area contributed by atoms with Crippen LogP contribution in [0.15, 0.2) is 29.2 Å². The second-order valence-corrected chi connectivity index (χ2v) is 6.37. The van der Waals surface area contributed by atoms with Gasteiger partial charge < -0.3 is 10.8 Å². The summed E-state index contributed by atoms with van der Waals surface area (Å²) in [7, 11) is -3.62. The molecular formula is C12H16N2O4S. The Morgan fingerprint density at radius 2 is 2.00 bits per heavy atom. The van der Waals surface area contributed by atoms with Crippen molar-refractivity contribution >= 4 is 15.9 Å². The third kappa shape index (κ3) is 2.63. The first-order valence-electron chi connectivity index (χ1n) is 5.99. The number of benzene rings is 1. The van der Waals surface area contributed by atoms with E-state index in [1.807, 2.05) is 0 Å². The van der Waals surface area contributed by atoms with E-state index in [1.54, 1.807) is 0 Å². The average molecular weight is 284 g/mol. The first kappa shape index (κ1) is 14.0. The maximum absolute atomic E-state index is 12.4. The Labute approximate surface area is 111 Å². The molecule has 1 amide bonds. The summed E-state index contributed by atoms with van der Waals surface area (Å²) < 4.78 is 26.1. The molecule has 1 aliphatic rings. The highest BCUT2D eigenvalue weighted by atomic mass is 32.2. The second-order valence-electron chi connectivity index (χ2n) is 4.48. The van der Waals surface area contributed by atoms with Gasteiger partial charge in [-0.05, 0) is 37.1 Å². The fourth-order valence-electron chi connectivity index (χ4n) is 2.23. The summed E-state index contributed by atoms with van der Waals surface area (Å²) in [4.78, 5) is 11.1. The van der Waals surface area contributed by atoms with E-state index in [2.05, 4.69) is 0 Å². The van der Waals surface area contributed by atoms with Gasteiger partial charge in [0.15, 0.2) is 0 Å². The van der Waals surface area contributed by atoms with Gasteiger partial charge in [-0.3, -0.25) is 4.79 Å². The summed E-state index contributed by atoms with van der Waals surface area (Å²) in [6, 6.07) is 5.14. The average Bonchev–Trinajstić information content (AvgIpc) is 2.87. The van der Waals surface area contributed by atoms with Crippen LogP contribution < -0.4 is 5.73 Å². The Hall–Kier alpha value is -1.44. The number of hydrogen-bond acceptors (Lipinski definition) is 4. The number of primary amides is 1. The molecule has 1 fully saturated rings. The molecule has 6 nitrogen and oxygen atoms in total. The molecule has 1 aliphatic heterocycles. The minimum absolute atomic E-state index is 0.109. The molecule has 3 N–H and O–H groups in total. The van der Waals surface area contributed by atoms with Gasteiger partial charge in [-0.15, -0.1) is 0 Å². The molecule has 1 saturated heterocycles. The van der Waals surface area contributed by atoms with Crippen molar-refractivity contribution in [3.63, 3.8) is 0 Å².